The molecule has 2 aromatic rings. The fourth-order valence-electron chi connectivity index (χ4n) is 5.10. The minimum atomic E-state index is -2.21. The molecule has 0 amide bonds. The molecule has 0 bridgehead atoms. The second kappa shape index (κ2) is 15.3. The van der Waals surface area contributed by atoms with Crippen LogP contribution in [0.1, 0.15) is 78.0 Å². The molecular weight excluding hydrogens is 701 g/mol. The number of H-pyrrole nitrogens is 2. The molecular formula is C33H54N4O12Si2. The molecule has 2 aliphatic rings. The van der Waals surface area contributed by atoms with Gasteiger partial charge in [-0.3, -0.25) is 28.7 Å². The van der Waals surface area contributed by atoms with E-state index in [9.17, 15) is 33.9 Å². The molecule has 6 atom stereocenters. The standard InChI is InChI=1S/C17H28N2O6Si.C16H26N2O6Si/c1-10-9-19(16(22)18-14(10)20)12-8-11(13(24-12)15(21)23-5)25-26(6,7)17(2,3)4;1-9-8-18(15(22)17-13(9)19)11-7-10(12(23-11)14(20)21)24-25(5,6)16(2,3)4/h9,11-13H,8H2,1-7H3,(H,18,20,22);8,10-12H,7H2,1-6H3,(H,20,21)(H,17,19,22)/t11-,12-,13+;10-,11-,12+/m11/s1. The number of aryl methyl sites for hydroxylation is 2. The summed E-state index contributed by atoms with van der Waals surface area (Å²) in [7, 11) is -3.09. The number of hydrogen-bond acceptors (Lipinski definition) is 11. The van der Waals surface area contributed by atoms with E-state index in [0.29, 0.717) is 17.5 Å². The molecule has 286 valence electrons. The lowest BCUT2D eigenvalue weighted by Crippen LogP contribution is -2.47. The SMILES string of the molecule is COC(=O)[C@H]1O[C@@H](n2cc(C)c(=O)[nH]c2=O)C[C@H]1O[Si](C)(C)C(C)(C)C.Cc1cn([C@H]2C[C@@H](O[Si](C)(C)C(C)(C)C)[C@@H](C(=O)O)O2)c(=O)[nH]c1=O. The lowest BCUT2D eigenvalue weighted by Gasteiger charge is -2.38. The summed E-state index contributed by atoms with van der Waals surface area (Å²) in [5.41, 5.74) is -1.38. The Morgan fingerprint density at radius 2 is 1.10 bits per heavy atom. The monoisotopic (exact) mass is 754 g/mol. The van der Waals surface area contributed by atoms with Crippen molar-refractivity contribution in [2.45, 2.75) is 141 Å². The average molecular weight is 755 g/mol. The lowest BCUT2D eigenvalue weighted by atomic mass is 10.2. The van der Waals surface area contributed by atoms with Crippen LogP contribution in [0.2, 0.25) is 36.3 Å². The maximum Gasteiger partial charge on any atom is 0.337 e. The van der Waals surface area contributed by atoms with Crippen molar-refractivity contribution >= 4 is 28.6 Å². The summed E-state index contributed by atoms with van der Waals surface area (Å²) in [5, 5.41) is 9.35. The molecule has 4 rings (SSSR count). The molecule has 2 aliphatic heterocycles. The van der Waals surface area contributed by atoms with Gasteiger partial charge in [0.1, 0.15) is 12.5 Å². The van der Waals surface area contributed by atoms with E-state index in [4.69, 9.17) is 23.1 Å². The first-order valence-corrected chi connectivity index (χ1v) is 22.6. The first-order chi connectivity index (χ1) is 23.2. The highest BCUT2D eigenvalue weighted by molar-refractivity contribution is 6.74. The van der Waals surface area contributed by atoms with Crippen LogP contribution in [0.4, 0.5) is 0 Å². The fourth-order valence-corrected chi connectivity index (χ4v) is 7.76. The van der Waals surface area contributed by atoms with Crippen LogP contribution in [0.15, 0.2) is 31.6 Å². The molecule has 3 N–H and O–H groups in total. The number of carboxylic acid groups (broad SMARTS) is 1. The summed E-state index contributed by atoms with van der Waals surface area (Å²) in [4.78, 5) is 75.6. The van der Waals surface area contributed by atoms with Crippen LogP contribution in [0, 0.1) is 13.8 Å². The number of nitrogens with zero attached hydrogens (tertiary/aromatic N) is 2. The van der Waals surface area contributed by atoms with Crippen LogP contribution in [0.3, 0.4) is 0 Å². The number of nitrogens with one attached hydrogen (secondary N) is 2. The summed E-state index contributed by atoms with van der Waals surface area (Å²) in [6.07, 6.45) is -1.37. The first kappa shape index (κ1) is 42.0. The maximum absolute atomic E-state index is 12.2. The molecule has 0 aromatic carbocycles. The second-order valence-corrected chi connectivity index (χ2v) is 25.7. The Bertz CT molecular complexity index is 1830. The van der Waals surface area contributed by atoms with Gasteiger partial charge in [-0.15, -0.1) is 0 Å². The normalized spacial score (nSPS) is 24.2. The first-order valence-electron chi connectivity index (χ1n) is 16.8. The van der Waals surface area contributed by atoms with E-state index in [2.05, 4.69) is 64.6 Å². The van der Waals surface area contributed by atoms with Gasteiger partial charge in [0.15, 0.2) is 28.8 Å². The van der Waals surface area contributed by atoms with E-state index < -0.39 is 87.9 Å². The van der Waals surface area contributed by atoms with Crippen molar-refractivity contribution in [3.05, 3.63) is 65.2 Å². The molecule has 2 aromatic heterocycles. The minimum Gasteiger partial charge on any atom is -0.479 e. The third kappa shape index (κ3) is 9.52. The molecule has 0 spiro atoms. The number of aromatic nitrogens is 4. The van der Waals surface area contributed by atoms with Gasteiger partial charge in [0.2, 0.25) is 0 Å². The number of aromatic amines is 2. The summed E-state index contributed by atoms with van der Waals surface area (Å²) in [5.74, 6) is -1.66. The van der Waals surface area contributed by atoms with Gasteiger partial charge in [-0.2, -0.15) is 0 Å². The Labute approximate surface area is 298 Å². The van der Waals surface area contributed by atoms with Crippen molar-refractivity contribution in [2.75, 3.05) is 7.11 Å². The Hall–Kier alpha value is -3.43. The van der Waals surface area contributed by atoms with Gasteiger partial charge in [0.05, 0.1) is 19.3 Å². The van der Waals surface area contributed by atoms with E-state index in [1.165, 1.54) is 28.6 Å². The zero-order valence-corrected chi connectivity index (χ0v) is 33.9. The van der Waals surface area contributed by atoms with E-state index in [-0.39, 0.29) is 16.5 Å². The number of rotatable bonds is 8. The Balaban J connectivity index is 0.000000276. The van der Waals surface area contributed by atoms with Crippen molar-refractivity contribution in [1.29, 1.82) is 0 Å². The molecule has 0 unspecified atom stereocenters. The van der Waals surface area contributed by atoms with Crippen LogP contribution in [-0.4, -0.2) is 84.3 Å². The molecule has 4 heterocycles. The predicted octanol–water partition coefficient (Wildman–Crippen LogP) is 3.30. The van der Waals surface area contributed by atoms with Crippen molar-refractivity contribution in [2.24, 2.45) is 0 Å². The summed E-state index contributed by atoms with van der Waals surface area (Å²) in [6, 6.07) is 0. The van der Waals surface area contributed by atoms with E-state index >= 15 is 0 Å². The van der Waals surface area contributed by atoms with Crippen LogP contribution >= 0.6 is 0 Å². The van der Waals surface area contributed by atoms with Crippen LogP contribution in [-0.2, 0) is 32.7 Å². The van der Waals surface area contributed by atoms with Gasteiger partial charge >= 0.3 is 23.3 Å². The van der Waals surface area contributed by atoms with Crippen LogP contribution in [0.25, 0.3) is 0 Å². The number of methoxy groups -OCH3 is 1. The molecule has 2 fully saturated rings. The van der Waals surface area contributed by atoms with E-state index in [1.54, 1.807) is 13.8 Å². The Kier molecular flexibility index (Phi) is 12.6. The highest BCUT2D eigenvalue weighted by Gasteiger charge is 2.49. The molecule has 16 nitrogen and oxygen atoms in total. The Morgan fingerprint density at radius 1 is 0.745 bits per heavy atom. The zero-order chi connectivity index (χ0) is 39.0. The van der Waals surface area contributed by atoms with Gasteiger partial charge in [0.25, 0.3) is 11.1 Å². The number of hydrogen-bond donors (Lipinski definition) is 3. The average Bonchev–Trinajstić information content (AvgIpc) is 3.59. The number of aliphatic carboxylic acids is 1. The van der Waals surface area contributed by atoms with Gasteiger partial charge < -0.3 is 28.2 Å². The Morgan fingerprint density at radius 3 is 1.43 bits per heavy atom. The molecule has 0 saturated carbocycles. The van der Waals surface area contributed by atoms with Crippen molar-refractivity contribution < 1.29 is 37.8 Å². The summed E-state index contributed by atoms with van der Waals surface area (Å²) in [6.45, 7) is 23.9. The maximum atomic E-state index is 12.2. The van der Waals surface area contributed by atoms with E-state index in [0.717, 1.165) is 0 Å². The number of ether oxygens (including phenoxy) is 3. The van der Waals surface area contributed by atoms with Gasteiger partial charge in [-0.05, 0) is 50.1 Å². The van der Waals surface area contributed by atoms with Crippen LogP contribution < -0.4 is 22.5 Å². The predicted molar refractivity (Wildman–Crippen MR) is 193 cm³/mol. The number of carbonyl (C=O) groups is 2. The highest BCUT2D eigenvalue weighted by atomic mass is 28.4. The lowest BCUT2D eigenvalue weighted by molar-refractivity contribution is -0.158. The van der Waals surface area contributed by atoms with Gasteiger partial charge in [-0.1, -0.05) is 41.5 Å². The third-order valence-electron chi connectivity index (χ3n) is 10.2. The largest absolute Gasteiger partial charge is 0.479 e. The minimum absolute atomic E-state index is 0.0445. The zero-order valence-electron chi connectivity index (χ0n) is 31.9. The second-order valence-electron chi connectivity index (χ2n) is 16.1. The van der Waals surface area contributed by atoms with Gasteiger partial charge in [0, 0.05) is 36.4 Å². The van der Waals surface area contributed by atoms with Crippen molar-refractivity contribution in [3.63, 3.8) is 0 Å². The molecule has 0 radical (unpaired) electrons. The van der Waals surface area contributed by atoms with Crippen molar-refractivity contribution in [1.82, 2.24) is 19.1 Å². The number of carboxylic acids is 1. The van der Waals surface area contributed by atoms with Crippen LogP contribution in [0.5, 0.6) is 0 Å². The fraction of sp³-hybridized carbons (Fsp3) is 0.697. The highest BCUT2D eigenvalue weighted by Crippen LogP contribution is 2.42. The van der Waals surface area contributed by atoms with Crippen molar-refractivity contribution in [3.8, 4) is 0 Å². The molecule has 0 aliphatic carbocycles. The summed E-state index contributed by atoms with van der Waals surface area (Å²) < 4.78 is 31.4. The molecule has 2 saturated heterocycles. The van der Waals surface area contributed by atoms with E-state index in [1.807, 2.05) is 13.1 Å². The third-order valence-corrected chi connectivity index (χ3v) is 19.3. The molecule has 51 heavy (non-hydrogen) atoms. The topological polar surface area (TPSA) is 210 Å². The smallest absolute Gasteiger partial charge is 0.337 e. The number of esters is 1. The summed E-state index contributed by atoms with van der Waals surface area (Å²) >= 11 is 0. The van der Waals surface area contributed by atoms with Gasteiger partial charge in [-0.25, -0.2) is 19.2 Å². The molecule has 18 heteroatoms. The quantitative estimate of drug-likeness (QED) is 0.262. The number of carbonyl (C=O) groups excluding carboxylic acids is 1.